The van der Waals surface area contributed by atoms with E-state index in [0.29, 0.717) is 40.9 Å². The molecule has 9 nitrogen and oxygen atoms in total. The highest BCUT2D eigenvalue weighted by molar-refractivity contribution is 5.84. The minimum atomic E-state index is -0.882. The summed E-state index contributed by atoms with van der Waals surface area (Å²) in [6, 6.07) is 5.93. The summed E-state index contributed by atoms with van der Waals surface area (Å²) in [4.78, 5) is 55.8. The van der Waals surface area contributed by atoms with E-state index in [9.17, 15) is 14.7 Å². The van der Waals surface area contributed by atoms with Gasteiger partial charge in [0, 0.05) is 18.2 Å². The highest BCUT2D eigenvalue weighted by Gasteiger charge is 2.74. The molecular formula is C50H72N4O5. The van der Waals surface area contributed by atoms with Crippen LogP contribution in [0.2, 0.25) is 0 Å². The normalized spacial score (nSPS) is 40.6. The summed E-state index contributed by atoms with van der Waals surface area (Å²) in [5.74, 6) is 2.76. The summed E-state index contributed by atoms with van der Waals surface area (Å²) in [6.45, 7) is 19.7. The van der Waals surface area contributed by atoms with Crippen LogP contribution >= 0.6 is 0 Å². The Labute approximate surface area is 353 Å². The monoisotopic (exact) mass is 809 g/mol. The lowest BCUT2D eigenvalue weighted by molar-refractivity contribution is -0.251. The van der Waals surface area contributed by atoms with Crippen LogP contribution in [0.25, 0.3) is 11.4 Å². The first-order valence-electron chi connectivity index (χ1n) is 23.5. The highest BCUT2D eigenvalue weighted by Crippen LogP contribution is 2.79. The van der Waals surface area contributed by atoms with E-state index in [1.54, 1.807) is 0 Å². The number of carbonyl (C=O) groups excluding carboxylic acids is 2. The number of esters is 1. The van der Waals surface area contributed by atoms with Crippen LogP contribution < -0.4 is 0 Å². The number of carboxylic acids is 1. The van der Waals surface area contributed by atoms with Gasteiger partial charge in [-0.3, -0.25) is 19.4 Å². The molecule has 0 aromatic carbocycles. The van der Waals surface area contributed by atoms with Crippen molar-refractivity contribution in [1.29, 1.82) is 0 Å². The zero-order valence-electron chi connectivity index (χ0n) is 37.4. The fraction of sp³-hybridized carbons (Fsp3) is 0.780. The van der Waals surface area contributed by atoms with E-state index in [4.69, 9.17) is 9.72 Å². The molecule has 322 valence electrons. The summed E-state index contributed by atoms with van der Waals surface area (Å²) in [7, 11) is 0. The van der Waals surface area contributed by atoms with E-state index < -0.39 is 11.4 Å². The number of hydrogen-bond acceptors (Lipinski definition) is 6. The molecule has 0 spiro atoms. The summed E-state index contributed by atoms with van der Waals surface area (Å²) >= 11 is 0. The summed E-state index contributed by atoms with van der Waals surface area (Å²) in [6.07, 6.45) is 19.2. The van der Waals surface area contributed by atoms with Gasteiger partial charge in [-0.25, -0.2) is 4.98 Å². The van der Waals surface area contributed by atoms with Gasteiger partial charge in [0.25, 0.3) is 0 Å². The molecule has 0 bridgehead atoms. The Morgan fingerprint density at radius 3 is 2.32 bits per heavy atom. The van der Waals surface area contributed by atoms with Gasteiger partial charge in [0.2, 0.25) is 5.91 Å². The van der Waals surface area contributed by atoms with Gasteiger partial charge in [0.1, 0.15) is 11.9 Å². The third-order valence-electron chi connectivity index (χ3n) is 19.6. The number of imidazole rings is 1. The first kappa shape index (κ1) is 41.1. The smallest absolute Gasteiger partial charge is 0.306 e. The molecule has 6 aliphatic carbocycles. The number of hydrogen-bond donors (Lipinski definition) is 2. The Balaban J connectivity index is 0.980. The van der Waals surface area contributed by atoms with Crippen molar-refractivity contribution in [3.8, 4) is 11.4 Å². The van der Waals surface area contributed by atoms with Crippen LogP contribution in [0, 0.1) is 67.5 Å². The second kappa shape index (κ2) is 13.9. The number of pyridine rings is 1. The molecule has 9 rings (SSSR count). The number of likely N-dealkylation sites (tertiary alicyclic amines) is 1. The Bertz CT molecular complexity index is 1970. The minimum Gasteiger partial charge on any atom is -0.481 e. The lowest BCUT2D eigenvalue weighted by Crippen LogP contribution is -2.67. The zero-order valence-corrected chi connectivity index (χ0v) is 37.4. The van der Waals surface area contributed by atoms with Crippen LogP contribution in [0.4, 0.5) is 0 Å². The second-order valence-electron chi connectivity index (χ2n) is 23.5. The molecule has 2 aromatic rings. The molecule has 11 atom stereocenters. The van der Waals surface area contributed by atoms with Crippen molar-refractivity contribution in [3.05, 3.63) is 36.4 Å². The molecule has 0 unspecified atom stereocenters. The number of aromatic amines is 1. The maximum Gasteiger partial charge on any atom is 0.306 e. The number of carbonyl (C=O) groups is 3. The molecule has 7 fully saturated rings. The number of aromatic nitrogens is 3. The predicted molar refractivity (Wildman–Crippen MR) is 228 cm³/mol. The van der Waals surface area contributed by atoms with E-state index >= 15 is 4.79 Å². The fourth-order valence-electron chi connectivity index (χ4n) is 16.3. The molecule has 1 saturated heterocycles. The Morgan fingerprint density at radius 1 is 0.831 bits per heavy atom. The molecule has 59 heavy (non-hydrogen) atoms. The van der Waals surface area contributed by atoms with Crippen molar-refractivity contribution in [1.82, 2.24) is 19.9 Å². The van der Waals surface area contributed by atoms with E-state index in [1.165, 1.54) is 38.5 Å². The zero-order chi connectivity index (χ0) is 42.0. The highest BCUT2D eigenvalue weighted by atomic mass is 16.5. The van der Waals surface area contributed by atoms with E-state index in [0.717, 1.165) is 75.1 Å². The van der Waals surface area contributed by atoms with Crippen LogP contribution in [0.1, 0.15) is 170 Å². The standard InChI is InChI=1S/C50H72N4O5/c1-44(2,28-39(55)56)29-40(57)59-38-18-19-47(6)36(45(38,3)4)17-20-49(8)37(47)15-14-32-41-31(46(5)22-23-46)16-21-50(41,25-24-48(32,49)7)43(58)54-27-11-13-35(54)42-52-30-34(53-42)33-12-9-10-26-51-33/h9-10,12,26,30-32,35-38,41H,11,13-25,27-29H2,1-8H3,(H,52,53)(H,55,56)/t31-,32-,35+,36+,37-,38+,41-,47+,48-,49-,50+/m1/s1. The SMILES string of the molecule is CC(C)(CC(=O)O)CC(=O)O[C@H]1CC[C@]2(C)[C@H]3CC[C@@H]4[C@H]5[C@H](C6(C)CC6)CC[C@]5(C(=O)N5CCC[C@H]5c5ncc(-c6ccccn6)[nH]5)CC[C@@]4(C)[C@]3(C)CC[C@H]2C1(C)C. The predicted octanol–water partition coefficient (Wildman–Crippen LogP) is 10.8. The number of carboxylic acid groups (broad SMARTS) is 1. The molecular weight excluding hydrogens is 737 g/mol. The lowest BCUT2D eigenvalue weighted by Gasteiger charge is -2.73. The number of rotatable bonds is 9. The molecule has 2 N–H and O–H groups in total. The van der Waals surface area contributed by atoms with E-state index in [-0.39, 0.29) is 58.0 Å². The average Bonchev–Trinajstić information content (AvgIpc) is 3.56. The summed E-state index contributed by atoms with van der Waals surface area (Å²) in [5.41, 5.74) is 1.48. The van der Waals surface area contributed by atoms with Crippen LogP contribution in [0.15, 0.2) is 30.6 Å². The van der Waals surface area contributed by atoms with Gasteiger partial charge in [0.15, 0.2) is 0 Å². The third kappa shape index (κ3) is 6.29. The summed E-state index contributed by atoms with van der Waals surface area (Å²) in [5, 5.41) is 9.41. The third-order valence-corrected chi connectivity index (χ3v) is 19.6. The van der Waals surface area contributed by atoms with Gasteiger partial charge in [-0.2, -0.15) is 0 Å². The number of nitrogens with one attached hydrogen (secondary N) is 1. The quantitative estimate of drug-likeness (QED) is 0.242. The first-order chi connectivity index (χ1) is 27.8. The lowest BCUT2D eigenvalue weighted by atomic mass is 9.32. The Morgan fingerprint density at radius 2 is 1.61 bits per heavy atom. The van der Waals surface area contributed by atoms with Gasteiger partial charge in [0.05, 0.1) is 41.9 Å². The maximum atomic E-state index is 15.6. The van der Waals surface area contributed by atoms with Crippen molar-refractivity contribution in [2.24, 2.45) is 67.5 Å². The molecule has 7 aliphatic rings. The Kier molecular flexibility index (Phi) is 9.69. The largest absolute Gasteiger partial charge is 0.481 e. The van der Waals surface area contributed by atoms with Gasteiger partial charge < -0.3 is 19.7 Å². The van der Waals surface area contributed by atoms with Crippen molar-refractivity contribution >= 4 is 17.8 Å². The van der Waals surface area contributed by atoms with E-state index in [2.05, 4.69) is 56.4 Å². The topological polar surface area (TPSA) is 125 Å². The van der Waals surface area contributed by atoms with Crippen molar-refractivity contribution in [3.63, 3.8) is 0 Å². The van der Waals surface area contributed by atoms with E-state index in [1.807, 2.05) is 44.4 Å². The van der Waals surface area contributed by atoms with Crippen LogP contribution in [-0.4, -0.2) is 55.5 Å². The van der Waals surface area contributed by atoms with Crippen molar-refractivity contribution < 1.29 is 24.2 Å². The molecule has 2 aromatic heterocycles. The molecule has 1 aliphatic heterocycles. The number of nitrogens with zero attached hydrogens (tertiary/aromatic N) is 3. The van der Waals surface area contributed by atoms with Crippen LogP contribution in [0.5, 0.6) is 0 Å². The van der Waals surface area contributed by atoms with Gasteiger partial charge in [-0.15, -0.1) is 0 Å². The van der Waals surface area contributed by atoms with Crippen molar-refractivity contribution in [2.75, 3.05) is 6.54 Å². The summed E-state index contributed by atoms with van der Waals surface area (Å²) < 4.78 is 6.34. The number of amides is 1. The number of ether oxygens (including phenoxy) is 1. The van der Waals surface area contributed by atoms with Crippen LogP contribution in [-0.2, 0) is 19.1 Å². The second-order valence-corrected chi connectivity index (χ2v) is 23.5. The first-order valence-corrected chi connectivity index (χ1v) is 23.5. The number of fused-ring (bicyclic) bond motifs is 7. The molecule has 1 amide bonds. The molecule has 6 saturated carbocycles. The fourth-order valence-corrected chi connectivity index (χ4v) is 16.3. The van der Waals surface area contributed by atoms with Gasteiger partial charge in [-0.05, 0) is 159 Å². The minimum absolute atomic E-state index is 0.0173. The van der Waals surface area contributed by atoms with Gasteiger partial charge >= 0.3 is 11.9 Å². The maximum absolute atomic E-state index is 15.6. The van der Waals surface area contributed by atoms with Gasteiger partial charge in [-0.1, -0.05) is 61.5 Å². The average molecular weight is 809 g/mol. The molecule has 0 radical (unpaired) electrons. The van der Waals surface area contributed by atoms with Crippen molar-refractivity contribution in [2.45, 2.75) is 170 Å². The number of H-pyrrole nitrogens is 1. The Hall–Kier alpha value is -3.23. The van der Waals surface area contributed by atoms with Crippen LogP contribution in [0.3, 0.4) is 0 Å². The molecule has 3 heterocycles. The number of aliphatic carboxylic acids is 1. The molecule has 9 heteroatoms.